The van der Waals surface area contributed by atoms with Gasteiger partial charge >= 0.3 is 0 Å². The molecule has 0 aliphatic rings. The van der Waals surface area contributed by atoms with Crippen LogP contribution in [0.15, 0.2) is 48.5 Å². The molecule has 18 heavy (non-hydrogen) atoms. The lowest BCUT2D eigenvalue weighted by atomic mass is 9.97. The van der Waals surface area contributed by atoms with Gasteiger partial charge < -0.3 is 5.32 Å². The average molecular weight is 351 g/mol. The van der Waals surface area contributed by atoms with Crippen molar-refractivity contribution in [3.63, 3.8) is 0 Å². The van der Waals surface area contributed by atoms with Crippen LogP contribution in [-0.4, -0.2) is 6.54 Å². The maximum absolute atomic E-state index is 3.57. The molecule has 0 aliphatic carbocycles. The highest BCUT2D eigenvalue weighted by atomic mass is 127. The lowest BCUT2D eigenvalue weighted by molar-refractivity contribution is 0.630. The highest BCUT2D eigenvalue weighted by Gasteiger charge is 2.12. The molecule has 2 aromatic rings. The van der Waals surface area contributed by atoms with E-state index in [1.54, 1.807) is 0 Å². The molecule has 0 radical (unpaired) electrons. The number of aryl methyl sites for hydroxylation is 1. The quantitative estimate of drug-likeness (QED) is 0.810. The largest absolute Gasteiger partial charge is 0.307 e. The number of halogens is 1. The molecule has 0 amide bonds. The Morgan fingerprint density at radius 2 is 1.72 bits per heavy atom. The van der Waals surface area contributed by atoms with E-state index in [0.29, 0.717) is 0 Å². The summed E-state index contributed by atoms with van der Waals surface area (Å²) in [6.07, 6.45) is 0. The summed E-state index contributed by atoms with van der Waals surface area (Å²) in [5, 5.41) is 3.57. The number of hydrogen-bond donors (Lipinski definition) is 1. The lowest BCUT2D eigenvalue weighted by Gasteiger charge is -2.19. The Balaban J connectivity index is 2.39. The molecule has 1 atom stereocenters. The van der Waals surface area contributed by atoms with Crippen LogP contribution in [0.1, 0.15) is 29.7 Å². The van der Waals surface area contributed by atoms with Crippen LogP contribution in [0.3, 0.4) is 0 Å². The fourth-order valence-corrected chi connectivity index (χ4v) is 2.74. The molecule has 1 nitrogen and oxygen atoms in total. The van der Waals surface area contributed by atoms with Gasteiger partial charge in [-0.2, -0.15) is 0 Å². The third kappa shape index (κ3) is 3.33. The molecule has 0 spiro atoms. The van der Waals surface area contributed by atoms with Crippen molar-refractivity contribution in [2.24, 2.45) is 0 Å². The predicted molar refractivity (Wildman–Crippen MR) is 85.9 cm³/mol. The Hall–Kier alpha value is -0.870. The van der Waals surface area contributed by atoms with E-state index in [-0.39, 0.29) is 6.04 Å². The van der Waals surface area contributed by atoms with Gasteiger partial charge in [0, 0.05) is 3.57 Å². The zero-order valence-corrected chi connectivity index (χ0v) is 12.9. The Morgan fingerprint density at radius 3 is 2.33 bits per heavy atom. The van der Waals surface area contributed by atoms with E-state index in [1.165, 1.54) is 20.3 Å². The predicted octanol–water partition coefficient (Wildman–Crippen LogP) is 4.30. The number of nitrogens with one attached hydrogen (secondary N) is 1. The van der Waals surface area contributed by atoms with Crippen LogP contribution >= 0.6 is 22.6 Å². The van der Waals surface area contributed by atoms with Crippen molar-refractivity contribution >= 4 is 22.6 Å². The van der Waals surface area contributed by atoms with Gasteiger partial charge in [0.15, 0.2) is 0 Å². The smallest absolute Gasteiger partial charge is 0.0577 e. The molecule has 1 unspecified atom stereocenters. The Kier molecular flexibility index (Phi) is 4.78. The van der Waals surface area contributed by atoms with Gasteiger partial charge in [0.2, 0.25) is 0 Å². The monoisotopic (exact) mass is 351 g/mol. The zero-order valence-electron chi connectivity index (χ0n) is 10.8. The minimum absolute atomic E-state index is 0.282. The first-order valence-corrected chi connectivity index (χ1v) is 7.34. The molecule has 0 saturated carbocycles. The second kappa shape index (κ2) is 6.34. The van der Waals surface area contributed by atoms with Gasteiger partial charge in [0.25, 0.3) is 0 Å². The first-order chi connectivity index (χ1) is 8.70. The number of rotatable bonds is 4. The van der Waals surface area contributed by atoms with Crippen LogP contribution in [-0.2, 0) is 0 Å². The topological polar surface area (TPSA) is 12.0 Å². The molecule has 0 bridgehead atoms. The summed E-state index contributed by atoms with van der Waals surface area (Å²) in [5.41, 5.74) is 3.97. The Morgan fingerprint density at radius 1 is 1.06 bits per heavy atom. The molecular weight excluding hydrogens is 333 g/mol. The minimum Gasteiger partial charge on any atom is -0.307 e. The van der Waals surface area contributed by atoms with E-state index in [1.807, 2.05) is 0 Å². The first-order valence-electron chi connectivity index (χ1n) is 6.26. The lowest BCUT2D eigenvalue weighted by Crippen LogP contribution is -2.22. The van der Waals surface area contributed by atoms with Crippen molar-refractivity contribution in [2.75, 3.05) is 6.54 Å². The van der Waals surface area contributed by atoms with E-state index in [4.69, 9.17) is 0 Å². The fourth-order valence-electron chi connectivity index (χ4n) is 2.17. The van der Waals surface area contributed by atoms with E-state index in [9.17, 15) is 0 Å². The summed E-state index contributed by atoms with van der Waals surface area (Å²) in [6, 6.07) is 17.7. The summed E-state index contributed by atoms with van der Waals surface area (Å²) in [7, 11) is 0. The molecule has 0 saturated heterocycles. The maximum atomic E-state index is 3.57. The van der Waals surface area contributed by atoms with Gasteiger partial charge in [0.05, 0.1) is 6.04 Å². The van der Waals surface area contributed by atoms with Gasteiger partial charge in [-0.3, -0.25) is 0 Å². The fraction of sp³-hybridized carbons (Fsp3) is 0.250. The SMILES string of the molecule is CCNC(c1cccc(C)c1)c1cccc(I)c1. The van der Waals surface area contributed by atoms with Crippen LogP contribution in [0, 0.1) is 10.5 Å². The molecule has 0 heterocycles. The van der Waals surface area contributed by atoms with Crippen molar-refractivity contribution in [1.29, 1.82) is 0 Å². The minimum atomic E-state index is 0.282. The van der Waals surface area contributed by atoms with Gasteiger partial charge in [-0.05, 0) is 59.3 Å². The third-order valence-electron chi connectivity index (χ3n) is 2.97. The Bertz CT molecular complexity index is 477. The summed E-state index contributed by atoms with van der Waals surface area (Å²) < 4.78 is 1.28. The van der Waals surface area contributed by atoms with E-state index in [0.717, 1.165) is 6.54 Å². The van der Waals surface area contributed by atoms with E-state index < -0.39 is 0 Å². The molecular formula is C16H18IN. The number of hydrogen-bond acceptors (Lipinski definition) is 1. The molecule has 2 aromatic carbocycles. The zero-order chi connectivity index (χ0) is 13.0. The standard InChI is InChI=1S/C16H18IN/c1-3-18-16(13-7-4-6-12(2)10-13)14-8-5-9-15(17)11-14/h4-11,16,18H,3H2,1-2H3. The van der Waals surface area contributed by atoms with Gasteiger partial charge in [0.1, 0.15) is 0 Å². The molecule has 0 fully saturated rings. The highest BCUT2D eigenvalue weighted by Crippen LogP contribution is 2.24. The second-order valence-corrected chi connectivity index (χ2v) is 5.71. The second-order valence-electron chi connectivity index (χ2n) is 4.46. The van der Waals surface area contributed by atoms with Crippen LogP contribution < -0.4 is 5.32 Å². The van der Waals surface area contributed by atoms with Crippen molar-refractivity contribution in [3.8, 4) is 0 Å². The molecule has 2 rings (SSSR count). The van der Waals surface area contributed by atoms with Crippen molar-refractivity contribution in [1.82, 2.24) is 5.32 Å². The summed E-state index contributed by atoms with van der Waals surface area (Å²) in [6.45, 7) is 5.25. The van der Waals surface area contributed by atoms with Crippen molar-refractivity contribution < 1.29 is 0 Å². The molecule has 1 N–H and O–H groups in total. The van der Waals surface area contributed by atoms with Crippen LogP contribution in [0.5, 0.6) is 0 Å². The van der Waals surface area contributed by atoms with Crippen molar-refractivity contribution in [3.05, 3.63) is 68.8 Å². The van der Waals surface area contributed by atoms with Gasteiger partial charge in [-0.25, -0.2) is 0 Å². The average Bonchev–Trinajstić information content (AvgIpc) is 2.36. The van der Waals surface area contributed by atoms with Gasteiger partial charge in [-0.15, -0.1) is 0 Å². The normalized spacial score (nSPS) is 12.4. The maximum Gasteiger partial charge on any atom is 0.0577 e. The molecule has 94 valence electrons. The van der Waals surface area contributed by atoms with E-state index >= 15 is 0 Å². The van der Waals surface area contributed by atoms with Crippen molar-refractivity contribution in [2.45, 2.75) is 19.9 Å². The summed E-state index contributed by atoms with van der Waals surface area (Å²) in [4.78, 5) is 0. The van der Waals surface area contributed by atoms with Crippen LogP contribution in [0.25, 0.3) is 0 Å². The summed E-state index contributed by atoms with van der Waals surface area (Å²) >= 11 is 2.37. The molecule has 2 heteroatoms. The first kappa shape index (κ1) is 13.6. The van der Waals surface area contributed by atoms with Crippen LogP contribution in [0.4, 0.5) is 0 Å². The number of benzene rings is 2. The Labute approximate surface area is 123 Å². The highest BCUT2D eigenvalue weighted by molar-refractivity contribution is 14.1. The van der Waals surface area contributed by atoms with E-state index in [2.05, 4.69) is 90.3 Å². The summed E-state index contributed by atoms with van der Waals surface area (Å²) in [5.74, 6) is 0. The van der Waals surface area contributed by atoms with Gasteiger partial charge in [-0.1, -0.05) is 48.9 Å². The van der Waals surface area contributed by atoms with Crippen LogP contribution in [0.2, 0.25) is 0 Å². The molecule has 0 aromatic heterocycles. The third-order valence-corrected chi connectivity index (χ3v) is 3.64. The molecule has 0 aliphatic heterocycles.